The summed E-state index contributed by atoms with van der Waals surface area (Å²) in [5, 5.41) is 0. The highest BCUT2D eigenvalue weighted by Gasteiger charge is 3.21. The van der Waals surface area contributed by atoms with E-state index < -0.39 is 107 Å². The van der Waals surface area contributed by atoms with Crippen LogP contribution in [0.3, 0.4) is 0 Å². The average molecular weight is 1040 g/mol. The van der Waals surface area contributed by atoms with Gasteiger partial charge in [-0.15, -0.1) is 0 Å². The summed E-state index contributed by atoms with van der Waals surface area (Å²) in [6, 6.07) is 0. The van der Waals surface area contributed by atoms with E-state index in [0.29, 0.717) is 0 Å². The van der Waals surface area contributed by atoms with Crippen LogP contribution in [-0.4, -0.2) is 87.8 Å². The lowest BCUT2D eigenvalue weighted by atomic mass is 9.37. The van der Waals surface area contributed by atoms with Crippen LogP contribution in [0.2, 0.25) is 0 Å². The molecule has 10 fully saturated rings. The zero-order valence-electron chi connectivity index (χ0n) is 37.5. The van der Waals surface area contributed by atoms with Gasteiger partial charge in [-0.1, -0.05) is 80.6 Å². The molecule has 10 aliphatic carbocycles. The van der Waals surface area contributed by atoms with Gasteiger partial charge >= 0.3 is 82.2 Å². The van der Waals surface area contributed by atoms with Crippen molar-refractivity contribution in [3.8, 4) is 0 Å². The van der Waals surface area contributed by atoms with E-state index in [1.54, 1.807) is 38.5 Å². The second kappa shape index (κ2) is 17.7. The molecule has 0 aromatic carbocycles. The van der Waals surface area contributed by atoms with Gasteiger partial charge in [0.2, 0.25) is 5.67 Å². The van der Waals surface area contributed by atoms with Gasteiger partial charge in [-0.3, -0.25) is 0 Å². The molecule has 0 aromatic rings. The molecular weight excluding hydrogens is 986 g/mol. The van der Waals surface area contributed by atoms with Crippen LogP contribution >= 0.6 is 0 Å². The topological polar surface area (TPSA) is 0 Å². The standard InChI is InChI=1S/C11H3F15.C10H16.C7H3F11.C7H14.3C2H6/c1-2-6(15,16)3(12)9(21,22)4(13,7(2,17)18)11(25,26)5(14,8(2,19)20)10(3,23)24;1-7-2-9-4-8(1)5-10(3-7)6-9;1-2(8)3(9,10)5(13,14)7(17,18)6(15,16)4(2,11)12;1-7-5-3-2-4-6-7;3*1-2/h1H3;7-10H,1-6H2;1H3;7H,2-6H2,1H3;3*1-2H3. The van der Waals surface area contributed by atoms with E-state index in [9.17, 15) is 114 Å². The zero-order valence-corrected chi connectivity index (χ0v) is 37.5. The van der Waals surface area contributed by atoms with Crippen molar-refractivity contribution >= 4 is 0 Å². The Hall–Kier alpha value is -1.82. The van der Waals surface area contributed by atoms with Crippen LogP contribution in [0, 0.1) is 35.0 Å². The molecule has 0 aliphatic heterocycles. The molecule has 0 amide bonds. The lowest BCUT2D eigenvalue weighted by molar-refractivity contribution is -0.610. The summed E-state index contributed by atoms with van der Waals surface area (Å²) in [5.41, 5.74) is -34.5. The predicted octanol–water partition coefficient (Wildman–Crippen LogP) is 17.4. The minimum atomic E-state index is -7.68. The molecule has 0 nitrogen and oxygen atoms in total. The van der Waals surface area contributed by atoms with E-state index in [4.69, 9.17) is 0 Å². The number of hydrogen-bond acceptors (Lipinski definition) is 0. The second-order valence-electron chi connectivity index (χ2n) is 18.0. The molecule has 67 heavy (non-hydrogen) atoms. The third-order valence-electron chi connectivity index (χ3n) is 14.4. The third-order valence-corrected chi connectivity index (χ3v) is 14.4. The van der Waals surface area contributed by atoms with E-state index in [2.05, 4.69) is 6.92 Å². The van der Waals surface area contributed by atoms with Crippen molar-refractivity contribution in [2.24, 2.45) is 35.0 Å². The Morgan fingerprint density at radius 3 is 0.642 bits per heavy atom. The smallest absolute Gasteiger partial charge is 0.230 e. The van der Waals surface area contributed by atoms with Gasteiger partial charge in [-0.2, -0.15) is 70.2 Å². The van der Waals surface area contributed by atoms with E-state index in [1.807, 2.05) is 41.5 Å². The summed E-state index contributed by atoms with van der Waals surface area (Å²) < 4.78 is 348. The Kier molecular flexibility index (Phi) is 16.2. The van der Waals surface area contributed by atoms with Gasteiger partial charge < -0.3 is 0 Å². The van der Waals surface area contributed by atoms with Crippen LogP contribution in [-0.2, 0) is 0 Å². The van der Waals surface area contributed by atoms with Crippen molar-refractivity contribution in [2.45, 2.75) is 221 Å². The quantitative estimate of drug-likeness (QED) is 0.212. The fourth-order valence-electron chi connectivity index (χ4n) is 10.8. The number of rotatable bonds is 0. The maximum absolute atomic E-state index is 14.3. The van der Waals surface area contributed by atoms with E-state index in [0.717, 1.165) is 5.92 Å². The van der Waals surface area contributed by atoms with Crippen molar-refractivity contribution in [1.82, 2.24) is 0 Å². The van der Waals surface area contributed by atoms with Gasteiger partial charge in [-0.25, -0.2) is 43.9 Å². The SMILES string of the molecule is C1C2CC3CC1CC(C2)C3.CC.CC.CC.CC1(F)C(F)(F)C(F)(F)C(F)(F)C(F)(F)C1(F)F.CC12C(F)(F)C3(F)C(F)(F)C(F)(C1(F)F)C(F)(F)C(F)(C2(F)F)C3(F)F.CC1CCCCC1. The molecule has 8 bridgehead atoms. The van der Waals surface area contributed by atoms with Gasteiger partial charge in [0.05, 0.1) is 0 Å². The summed E-state index contributed by atoms with van der Waals surface area (Å²) in [7, 11) is 0. The average Bonchev–Trinajstić information content (AvgIpc) is 3.22. The molecule has 0 saturated heterocycles. The first kappa shape index (κ1) is 61.3. The molecule has 0 N–H and O–H groups in total. The normalized spacial score (nSPS) is 41.4. The molecule has 10 rings (SSSR count). The third kappa shape index (κ3) is 6.72. The summed E-state index contributed by atoms with van der Waals surface area (Å²) in [6.07, 6.45) is 17.1. The number of halogens is 26. The number of hydrogen-bond donors (Lipinski definition) is 0. The fraction of sp³-hybridized carbons (Fsp3) is 1.00. The summed E-state index contributed by atoms with van der Waals surface area (Å²) in [6.45, 7) is 12.1. The van der Waals surface area contributed by atoms with Gasteiger partial charge in [0.1, 0.15) is 0 Å². The van der Waals surface area contributed by atoms with Gasteiger partial charge in [0.25, 0.3) is 0 Å². The Morgan fingerprint density at radius 1 is 0.269 bits per heavy atom. The molecule has 0 unspecified atom stereocenters. The highest BCUT2D eigenvalue weighted by atomic mass is 19.4. The van der Waals surface area contributed by atoms with Gasteiger partial charge in [0, 0.05) is 0 Å². The molecule has 400 valence electrons. The molecule has 10 saturated carbocycles. The van der Waals surface area contributed by atoms with Crippen LogP contribution < -0.4 is 0 Å². The zero-order chi connectivity index (χ0) is 53.7. The van der Waals surface area contributed by atoms with Crippen molar-refractivity contribution in [1.29, 1.82) is 0 Å². The van der Waals surface area contributed by atoms with Gasteiger partial charge in [-0.05, 0) is 82.0 Å². The first-order valence-electron chi connectivity index (χ1n) is 21.7. The molecule has 26 heteroatoms. The first-order valence-corrected chi connectivity index (χ1v) is 21.7. The molecule has 10 aliphatic rings. The minimum absolute atomic E-state index is 0.982. The Balaban J connectivity index is 0.000000323. The number of alkyl halides is 26. The minimum Gasteiger partial charge on any atom is -0.230 e. The molecule has 0 radical (unpaired) electrons. The van der Waals surface area contributed by atoms with E-state index >= 15 is 0 Å². The van der Waals surface area contributed by atoms with Crippen LogP contribution in [0.25, 0.3) is 0 Å². The molecule has 0 spiro atoms. The second-order valence-corrected chi connectivity index (χ2v) is 18.0. The lowest BCUT2D eigenvalue weighted by Crippen LogP contribution is -3.07. The largest absolute Gasteiger partial charge is 0.384 e. The highest BCUT2D eigenvalue weighted by molar-refractivity contribution is 5.52. The van der Waals surface area contributed by atoms with Crippen molar-refractivity contribution in [2.75, 3.05) is 0 Å². The van der Waals surface area contributed by atoms with Gasteiger partial charge in [0.15, 0.2) is 5.41 Å². The molecule has 0 atom stereocenters. The predicted molar refractivity (Wildman–Crippen MR) is 192 cm³/mol. The van der Waals surface area contributed by atoms with Crippen molar-refractivity contribution < 1.29 is 114 Å². The van der Waals surface area contributed by atoms with E-state index in [1.165, 1.54) is 55.8 Å². The van der Waals surface area contributed by atoms with E-state index in [-0.39, 0.29) is 0 Å². The van der Waals surface area contributed by atoms with Crippen LogP contribution in [0.1, 0.15) is 133 Å². The van der Waals surface area contributed by atoms with Crippen molar-refractivity contribution in [3.05, 3.63) is 0 Å². The van der Waals surface area contributed by atoms with Crippen LogP contribution in [0.5, 0.6) is 0 Å². The Labute approximate surface area is 370 Å². The maximum atomic E-state index is 14.3. The summed E-state index contributed by atoms with van der Waals surface area (Å²) >= 11 is 0. The summed E-state index contributed by atoms with van der Waals surface area (Å²) in [5.74, 6) is -73.5. The summed E-state index contributed by atoms with van der Waals surface area (Å²) in [4.78, 5) is 0. The molecule has 0 aromatic heterocycles. The highest BCUT2D eigenvalue weighted by Crippen LogP contribution is 2.90. The van der Waals surface area contributed by atoms with Crippen LogP contribution in [0.4, 0.5) is 114 Å². The lowest BCUT2D eigenvalue weighted by Gasteiger charge is -2.74. The molecular formula is C41H54F26. The Bertz CT molecular complexity index is 1320. The Morgan fingerprint density at radius 2 is 0.463 bits per heavy atom. The maximum Gasteiger partial charge on any atom is 0.384 e. The van der Waals surface area contributed by atoms with Crippen molar-refractivity contribution in [3.63, 3.8) is 0 Å². The first-order chi connectivity index (χ1) is 29.8. The monoisotopic (exact) mass is 1040 g/mol. The fourth-order valence-corrected chi connectivity index (χ4v) is 10.8. The van der Waals surface area contributed by atoms with Crippen LogP contribution in [0.15, 0.2) is 0 Å². The molecule has 0 heterocycles.